The van der Waals surface area contributed by atoms with Gasteiger partial charge in [0.15, 0.2) is 0 Å². The van der Waals surface area contributed by atoms with E-state index in [4.69, 9.17) is 15.2 Å². The third-order valence-electron chi connectivity index (χ3n) is 4.97. The molecule has 0 bridgehead atoms. The Kier molecular flexibility index (Phi) is 8.26. The van der Waals surface area contributed by atoms with E-state index >= 15 is 0 Å². The highest BCUT2D eigenvalue weighted by atomic mass is 35.5. The normalized spacial score (nSPS) is 10.3. The molecule has 5 heteroatoms. The number of nitrogens with zero attached hydrogens (tertiary/aromatic N) is 1. The number of hydrogen-bond donors (Lipinski definition) is 1. The van der Waals surface area contributed by atoms with Gasteiger partial charge in [0.25, 0.3) is 0 Å². The van der Waals surface area contributed by atoms with Crippen LogP contribution in [0, 0.1) is 6.92 Å². The van der Waals surface area contributed by atoms with Crippen LogP contribution in [-0.4, -0.2) is 4.98 Å². The van der Waals surface area contributed by atoms with E-state index in [9.17, 15) is 0 Å². The topological polar surface area (TPSA) is 57.4 Å². The van der Waals surface area contributed by atoms with Gasteiger partial charge in [0.1, 0.15) is 13.2 Å². The highest BCUT2D eigenvalue weighted by Crippen LogP contribution is 2.32. The Hall–Kier alpha value is -3.34. The molecular weight excluding hydrogens is 420 g/mol. The maximum absolute atomic E-state index is 6.16. The summed E-state index contributed by atoms with van der Waals surface area (Å²) < 4.78 is 12.1. The molecule has 0 saturated carbocycles. The lowest BCUT2D eigenvalue weighted by atomic mass is 10.0. The molecule has 0 unspecified atom stereocenters. The van der Waals surface area contributed by atoms with Crippen LogP contribution in [0.3, 0.4) is 0 Å². The van der Waals surface area contributed by atoms with Crippen molar-refractivity contribution in [2.24, 2.45) is 5.73 Å². The summed E-state index contributed by atoms with van der Waals surface area (Å²) in [7, 11) is 0. The highest BCUT2D eigenvalue weighted by Gasteiger charge is 2.12. The summed E-state index contributed by atoms with van der Waals surface area (Å²) in [5.74, 6) is 1.07. The van der Waals surface area contributed by atoms with E-state index in [2.05, 4.69) is 30.1 Å². The van der Waals surface area contributed by atoms with Crippen LogP contribution in [0.4, 0.5) is 0 Å². The first-order chi connectivity index (χ1) is 15.2. The number of halogens is 1. The maximum atomic E-state index is 6.16. The van der Waals surface area contributed by atoms with Crippen LogP contribution in [-0.2, 0) is 19.8 Å². The first-order valence-electron chi connectivity index (χ1n) is 10.4. The summed E-state index contributed by atoms with van der Waals surface area (Å²) in [5.41, 5.74) is 12.2. The van der Waals surface area contributed by atoms with Crippen molar-refractivity contribution in [3.63, 3.8) is 0 Å². The molecule has 0 radical (unpaired) electrons. The molecule has 4 aromatic rings. The van der Waals surface area contributed by atoms with E-state index in [1.54, 1.807) is 0 Å². The standard InChI is InChI=1S/C27H26N2O2.ClH/c1-20-14-23(17-28)16-24(15-20)25-12-13-26(30-18-21-8-4-2-5-9-21)29-27(25)31-19-22-10-6-3-7-11-22;/h2-16H,17-19,28H2,1H3;1H. The van der Waals surface area contributed by atoms with Gasteiger partial charge < -0.3 is 15.2 Å². The molecular formula is C27H27ClN2O2. The summed E-state index contributed by atoms with van der Waals surface area (Å²) in [6.07, 6.45) is 0. The number of nitrogens with two attached hydrogens (primary N) is 1. The fourth-order valence-corrected chi connectivity index (χ4v) is 3.43. The Morgan fingerprint density at radius 2 is 1.34 bits per heavy atom. The number of ether oxygens (including phenoxy) is 2. The molecule has 0 aliphatic heterocycles. The van der Waals surface area contributed by atoms with Crippen molar-refractivity contribution in [2.75, 3.05) is 0 Å². The zero-order valence-electron chi connectivity index (χ0n) is 18.0. The molecule has 1 heterocycles. The maximum Gasteiger partial charge on any atom is 0.225 e. The molecule has 0 atom stereocenters. The summed E-state index contributed by atoms with van der Waals surface area (Å²) in [4.78, 5) is 4.69. The van der Waals surface area contributed by atoms with E-state index in [1.165, 1.54) is 0 Å². The second kappa shape index (κ2) is 11.3. The lowest BCUT2D eigenvalue weighted by Crippen LogP contribution is -2.03. The first kappa shape index (κ1) is 23.3. The van der Waals surface area contributed by atoms with Gasteiger partial charge >= 0.3 is 0 Å². The largest absolute Gasteiger partial charge is 0.473 e. The zero-order valence-corrected chi connectivity index (χ0v) is 18.8. The van der Waals surface area contributed by atoms with Crippen molar-refractivity contribution in [1.29, 1.82) is 0 Å². The van der Waals surface area contributed by atoms with Crippen LogP contribution >= 0.6 is 12.4 Å². The summed E-state index contributed by atoms with van der Waals surface area (Å²) in [6.45, 7) is 3.43. The second-order valence-electron chi connectivity index (χ2n) is 7.46. The minimum atomic E-state index is 0. The Morgan fingerprint density at radius 3 is 1.97 bits per heavy atom. The Morgan fingerprint density at radius 1 is 0.719 bits per heavy atom. The average Bonchev–Trinajstić information content (AvgIpc) is 2.82. The van der Waals surface area contributed by atoms with Gasteiger partial charge in [0.2, 0.25) is 11.8 Å². The number of benzene rings is 3. The summed E-state index contributed by atoms with van der Waals surface area (Å²) in [6, 6.07) is 30.3. The molecule has 0 amide bonds. The monoisotopic (exact) mass is 446 g/mol. The Labute approximate surface area is 195 Å². The van der Waals surface area contributed by atoms with Crippen LogP contribution in [0.15, 0.2) is 91.0 Å². The van der Waals surface area contributed by atoms with Gasteiger partial charge in [-0.05, 0) is 41.3 Å². The van der Waals surface area contributed by atoms with Crippen molar-refractivity contribution >= 4 is 12.4 Å². The van der Waals surface area contributed by atoms with Gasteiger partial charge in [0, 0.05) is 18.2 Å². The van der Waals surface area contributed by atoms with Crippen LogP contribution in [0.2, 0.25) is 0 Å². The predicted molar refractivity (Wildman–Crippen MR) is 131 cm³/mol. The molecule has 4 rings (SSSR count). The van der Waals surface area contributed by atoms with Crippen LogP contribution in [0.5, 0.6) is 11.8 Å². The molecule has 32 heavy (non-hydrogen) atoms. The number of rotatable bonds is 8. The smallest absolute Gasteiger partial charge is 0.225 e. The molecule has 0 aliphatic rings. The predicted octanol–water partition coefficient (Wildman–Crippen LogP) is 6.10. The Balaban J connectivity index is 0.00000289. The number of hydrogen-bond acceptors (Lipinski definition) is 4. The Bertz CT molecular complexity index is 1130. The molecule has 0 saturated heterocycles. The minimum Gasteiger partial charge on any atom is -0.473 e. The number of pyridine rings is 1. The van der Waals surface area contributed by atoms with E-state index in [1.807, 2.05) is 72.8 Å². The SMILES string of the molecule is Cc1cc(CN)cc(-c2ccc(OCc3ccccc3)nc2OCc2ccccc2)c1.Cl. The summed E-state index contributed by atoms with van der Waals surface area (Å²) >= 11 is 0. The fourth-order valence-electron chi connectivity index (χ4n) is 3.43. The highest BCUT2D eigenvalue weighted by molar-refractivity contribution is 5.85. The van der Waals surface area contributed by atoms with Gasteiger partial charge in [-0.15, -0.1) is 12.4 Å². The molecule has 2 N–H and O–H groups in total. The van der Waals surface area contributed by atoms with E-state index < -0.39 is 0 Å². The van der Waals surface area contributed by atoms with Crippen molar-refractivity contribution in [1.82, 2.24) is 4.98 Å². The van der Waals surface area contributed by atoms with Crippen molar-refractivity contribution in [3.05, 3.63) is 113 Å². The van der Waals surface area contributed by atoms with Crippen molar-refractivity contribution in [3.8, 4) is 22.9 Å². The number of aryl methyl sites for hydroxylation is 1. The molecule has 4 nitrogen and oxygen atoms in total. The van der Waals surface area contributed by atoms with Gasteiger partial charge in [-0.2, -0.15) is 4.98 Å². The van der Waals surface area contributed by atoms with E-state index in [0.717, 1.165) is 33.4 Å². The molecule has 3 aromatic carbocycles. The molecule has 0 fully saturated rings. The van der Waals surface area contributed by atoms with Gasteiger partial charge in [0.05, 0.1) is 0 Å². The van der Waals surface area contributed by atoms with Crippen molar-refractivity contribution < 1.29 is 9.47 Å². The quantitative estimate of drug-likeness (QED) is 0.355. The molecule has 164 valence electrons. The second-order valence-corrected chi connectivity index (χ2v) is 7.46. The summed E-state index contributed by atoms with van der Waals surface area (Å²) in [5, 5.41) is 0. The van der Waals surface area contributed by atoms with Gasteiger partial charge in [-0.1, -0.05) is 78.4 Å². The van der Waals surface area contributed by atoms with Crippen LogP contribution in [0.1, 0.15) is 22.3 Å². The number of aromatic nitrogens is 1. The zero-order chi connectivity index (χ0) is 21.5. The first-order valence-corrected chi connectivity index (χ1v) is 10.4. The minimum absolute atomic E-state index is 0. The molecule has 0 spiro atoms. The third kappa shape index (κ3) is 6.10. The lowest BCUT2D eigenvalue weighted by Gasteiger charge is -2.14. The van der Waals surface area contributed by atoms with Crippen molar-refractivity contribution in [2.45, 2.75) is 26.7 Å². The average molecular weight is 447 g/mol. The van der Waals surface area contributed by atoms with Crippen LogP contribution in [0.25, 0.3) is 11.1 Å². The van der Waals surface area contributed by atoms with E-state index in [-0.39, 0.29) is 12.4 Å². The van der Waals surface area contributed by atoms with Gasteiger partial charge in [-0.3, -0.25) is 0 Å². The van der Waals surface area contributed by atoms with Gasteiger partial charge in [-0.25, -0.2) is 0 Å². The third-order valence-corrected chi connectivity index (χ3v) is 4.97. The molecule has 1 aromatic heterocycles. The van der Waals surface area contributed by atoms with Crippen LogP contribution < -0.4 is 15.2 Å². The fraction of sp³-hybridized carbons (Fsp3) is 0.148. The van der Waals surface area contributed by atoms with E-state index in [0.29, 0.717) is 31.5 Å². The molecule has 0 aliphatic carbocycles. The lowest BCUT2D eigenvalue weighted by molar-refractivity contribution is 0.268.